The van der Waals surface area contributed by atoms with E-state index in [1.807, 2.05) is 0 Å². The smallest absolute Gasteiger partial charge is 0.339 e. The summed E-state index contributed by atoms with van der Waals surface area (Å²) in [7, 11) is 1.27. The zero-order chi connectivity index (χ0) is 18.5. The first-order valence-electron chi connectivity index (χ1n) is 7.35. The molecule has 0 aliphatic heterocycles. The Kier molecular flexibility index (Phi) is 4.97. The van der Waals surface area contributed by atoms with Gasteiger partial charge in [0.2, 0.25) is 11.6 Å². The molecule has 0 atom stereocenters. The molecule has 0 aromatic carbocycles. The van der Waals surface area contributed by atoms with E-state index < -0.39 is 11.8 Å². The quantitative estimate of drug-likeness (QED) is 0.489. The summed E-state index contributed by atoms with van der Waals surface area (Å²) >= 11 is 0. The number of hydrogen-bond acceptors (Lipinski definition) is 8. The zero-order valence-electron chi connectivity index (χ0n) is 13.5. The summed E-state index contributed by atoms with van der Waals surface area (Å²) in [6.07, 6.45) is 2.83. The number of ether oxygens (including phenoxy) is 2. The number of esters is 1. The van der Waals surface area contributed by atoms with Gasteiger partial charge in [-0.05, 0) is 18.2 Å². The summed E-state index contributed by atoms with van der Waals surface area (Å²) in [5.41, 5.74) is 1.21. The van der Waals surface area contributed by atoms with Gasteiger partial charge in [0.1, 0.15) is 18.1 Å². The SMILES string of the molecule is COC(=O)c1ccc(OCc2c(-c3ccc(F)cn3)noc2C=O)nc1. The second kappa shape index (κ2) is 7.51. The third-order valence-corrected chi connectivity index (χ3v) is 3.42. The number of halogens is 1. The van der Waals surface area contributed by atoms with Crippen LogP contribution in [0.5, 0.6) is 5.88 Å². The molecule has 0 radical (unpaired) electrons. The molecule has 0 saturated carbocycles. The van der Waals surface area contributed by atoms with Gasteiger partial charge in [-0.15, -0.1) is 0 Å². The molecular formula is C17H12FN3O5. The van der Waals surface area contributed by atoms with Gasteiger partial charge in [0.25, 0.3) is 0 Å². The lowest BCUT2D eigenvalue weighted by molar-refractivity contribution is 0.0600. The molecule has 0 aliphatic carbocycles. The molecule has 0 bridgehead atoms. The van der Waals surface area contributed by atoms with Crippen molar-refractivity contribution in [3.8, 4) is 17.3 Å². The minimum atomic E-state index is -0.518. The maximum absolute atomic E-state index is 13.0. The predicted molar refractivity (Wildman–Crippen MR) is 85.0 cm³/mol. The topological polar surface area (TPSA) is 104 Å². The van der Waals surface area contributed by atoms with E-state index in [0.717, 1.165) is 6.20 Å². The third-order valence-electron chi connectivity index (χ3n) is 3.42. The molecule has 0 saturated heterocycles. The fraction of sp³-hybridized carbons (Fsp3) is 0.118. The Morgan fingerprint density at radius 1 is 1.23 bits per heavy atom. The first kappa shape index (κ1) is 17.2. The van der Waals surface area contributed by atoms with Crippen molar-refractivity contribution in [1.82, 2.24) is 15.1 Å². The molecule has 0 spiro atoms. The van der Waals surface area contributed by atoms with Gasteiger partial charge in [-0.1, -0.05) is 5.16 Å². The third kappa shape index (κ3) is 3.56. The van der Waals surface area contributed by atoms with E-state index >= 15 is 0 Å². The van der Waals surface area contributed by atoms with E-state index in [1.165, 1.54) is 37.6 Å². The van der Waals surface area contributed by atoms with Crippen molar-refractivity contribution in [3.63, 3.8) is 0 Å². The summed E-state index contributed by atoms with van der Waals surface area (Å²) in [5, 5.41) is 3.79. The average Bonchev–Trinajstić information content (AvgIpc) is 3.09. The van der Waals surface area contributed by atoms with Gasteiger partial charge in [-0.2, -0.15) is 0 Å². The van der Waals surface area contributed by atoms with Gasteiger partial charge in [0.15, 0.2) is 6.29 Å². The van der Waals surface area contributed by atoms with Crippen molar-refractivity contribution in [2.24, 2.45) is 0 Å². The van der Waals surface area contributed by atoms with Crippen LogP contribution < -0.4 is 4.74 Å². The van der Waals surface area contributed by atoms with E-state index in [4.69, 9.17) is 9.26 Å². The minimum absolute atomic E-state index is 0.0303. The van der Waals surface area contributed by atoms with Crippen LogP contribution in [0, 0.1) is 5.82 Å². The second-order valence-corrected chi connectivity index (χ2v) is 5.02. The molecule has 0 amide bonds. The molecular weight excluding hydrogens is 345 g/mol. The molecule has 9 heteroatoms. The van der Waals surface area contributed by atoms with Crippen LogP contribution in [-0.4, -0.2) is 34.5 Å². The Morgan fingerprint density at radius 3 is 2.69 bits per heavy atom. The van der Waals surface area contributed by atoms with Gasteiger partial charge < -0.3 is 14.0 Å². The fourth-order valence-electron chi connectivity index (χ4n) is 2.12. The summed E-state index contributed by atoms with van der Waals surface area (Å²) in [6.45, 7) is -0.0868. The van der Waals surface area contributed by atoms with Crippen molar-refractivity contribution in [3.05, 3.63) is 59.4 Å². The number of hydrogen-bond donors (Lipinski definition) is 0. The Labute approximate surface area is 146 Å². The van der Waals surface area contributed by atoms with Crippen molar-refractivity contribution >= 4 is 12.3 Å². The van der Waals surface area contributed by atoms with Crippen molar-refractivity contribution < 1.29 is 28.0 Å². The zero-order valence-corrected chi connectivity index (χ0v) is 13.5. The molecule has 3 aromatic heterocycles. The summed E-state index contributed by atoms with van der Waals surface area (Å²) in [6, 6.07) is 5.60. The highest BCUT2D eigenvalue weighted by Crippen LogP contribution is 2.24. The minimum Gasteiger partial charge on any atom is -0.473 e. The van der Waals surface area contributed by atoms with Crippen molar-refractivity contribution in [2.75, 3.05) is 7.11 Å². The largest absolute Gasteiger partial charge is 0.473 e. The molecule has 0 aliphatic rings. The first-order chi connectivity index (χ1) is 12.6. The predicted octanol–water partition coefficient (Wildman–Crippen LogP) is 2.45. The van der Waals surface area contributed by atoms with Gasteiger partial charge >= 0.3 is 5.97 Å². The number of nitrogens with zero attached hydrogens (tertiary/aromatic N) is 3. The molecule has 3 aromatic rings. The lowest BCUT2D eigenvalue weighted by Crippen LogP contribution is -2.04. The molecule has 0 unspecified atom stereocenters. The van der Waals surface area contributed by atoms with E-state index in [1.54, 1.807) is 0 Å². The lowest BCUT2D eigenvalue weighted by atomic mass is 10.1. The summed E-state index contributed by atoms with van der Waals surface area (Å²) < 4.78 is 28.1. The standard InChI is InChI=1S/C17H12FN3O5/c1-24-17(23)10-2-5-15(20-6-10)25-9-12-14(8-22)26-21-16(12)13-4-3-11(18)7-19-13/h2-8H,9H2,1H3. The average molecular weight is 357 g/mol. The highest BCUT2D eigenvalue weighted by Gasteiger charge is 2.19. The van der Waals surface area contributed by atoms with Crippen LogP contribution in [0.4, 0.5) is 4.39 Å². The number of aromatic nitrogens is 3. The number of carbonyl (C=O) groups is 2. The molecule has 26 heavy (non-hydrogen) atoms. The monoisotopic (exact) mass is 357 g/mol. The number of pyridine rings is 2. The fourth-order valence-corrected chi connectivity index (χ4v) is 2.12. The van der Waals surface area contributed by atoms with Crippen LogP contribution >= 0.6 is 0 Å². The van der Waals surface area contributed by atoms with Crippen LogP contribution in [0.25, 0.3) is 11.4 Å². The molecule has 0 N–H and O–H groups in total. The van der Waals surface area contributed by atoms with Gasteiger partial charge in [-0.3, -0.25) is 9.78 Å². The van der Waals surface area contributed by atoms with Crippen LogP contribution in [0.3, 0.4) is 0 Å². The van der Waals surface area contributed by atoms with E-state index in [0.29, 0.717) is 17.5 Å². The normalized spacial score (nSPS) is 10.4. The maximum atomic E-state index is 13.0. The van der Waals surface area contributed by atoms with E-state index in [-0.39, 0.29) is 29.5 Å². The van der Waals surface area contributed by atoms with Crippen LogP contribution in [0.15, 0.2) is 41.2 Å². The second-order valence-electron chi connectivity index (χ2n) is 5.02. The van der Waals surface area contributed by atoms with Crippen LogP contribution in [-0.2, 0) is 11.3 Å². The van der Waals surface area contributed by atoms with Gasteiger partial charge in [-0.25, -0.2) is 14.2 Å². The van der Waals surface area contributed by atoms with E-state index in [9.17, 15) is 14.0 Å². The number of methoxy groups -OCH3 is 1. The molecule has 3 rings (SSSR count). The molecule has 0 fully saturated rings. The number of aldehydes is 1. The highest BCUT2D eigenvalue weighted by atomic mass is 19.1. The van der Waals surface area contributed by atoms with E-state index in [2.05, 4.69) is 19.9 Å². The maximum Gasteiger partial charge on any atom is 0.339 e. The van der Waals surface area contributed by atoms with Crippen LogP contribution in [0.1, 0.15) is 26.5 Å². The lowest BCUT2D eigenvalue weighted by Gasteiger charge is -2.06. The summed E-state index contributed by atoms with van der Waals surface area (Å²) in [5.74, 6) is -0.831. The first-order valence-corrected chi connectivity index (χ1v) is 7.35. The summed E-state index contributed by atoms with van der Waals surface area (Å²) in [4.78, 5) is 30.4. The van der Waals surface area contributed by atoms with Crippen LogP contribution in [0.2, 0.25) is 0 Å². The molecule has 3 heterocycles. The van der Waals surface area contributed by atoms with Gasteiger partial charge in [0.05, 0.1) is 30.1 Å². The Bertz CT molecular complexity index is 923. The van der Waals surface area contributed by atoms with Crippen molar-refractivity contribution in [2.45, 2.75) is 6.61 Å². The number of rotatable bonds is 6. The molecule has 8 nitrogen and oxygen atoms in total. The molecule has 132 valence electrons. The Morgan fingerprint density at radius 2 is 2.08 bits per heavy atom. The highest BCUT2D eigenvalue weighted by molar-refractivity contribution is 5.88. The Hall–Kier alpha value is -3.62. The number of carbonyl (C=O) groups excluding carboxylic acids is 2. The van der Waals surface area contributed by atoms with Crippen molar-refractivity contribution in [1.29, 1.82) is 0 Å². The Balaban J connectivity index is 1.81. The van der Waals surface area contributed by atoms with Gasteiger partial charge in [0, 0.05) is 12.3 Å².